The van der Waals surface area contributed by atoms with Crippen molar-refractivity contribution in [2.24, 2.45) is 5.92 Å². The number of benzene rings is 1. The summed E-state index contributed by atoms with van der Waals surface area (Å²) in [6.07, 6.45) is 2.89. The normalized spacial score (nSPS) is 20.3. The Morgan fingerprint density at radius 2 is 1.84 bits per heavy atom. The first-order valence-corrected chi connectivity index (χ1v) is 17.8. The zero-order valence-corrected chi connectivity index (χ0v) is 27.3. The van der Waals surface area contributed by atoms with E-state index in [4.69, 9.17) is 37.4 Å². The molecule has 2 aromatic rings. The number of rotatable bonds is 14. The van der Waals surface area contributed by atoms with E-state index in [9.17, 15) is 27.2 Å². The van der Waals surface area contributed by atoms with Crippen LogP contribution in [0, 0.1) is 11.1 Å². The van der Waals surface area contributed by atoms with Crippen molar-refractivity contribution in [2.75, 3.05) is 57.5 Å². The number of hydrogen-bond acceptors (Lipinski definition) is 10. The molecule has 3 heterocycles. The fourth-order valence-corrected chi connectivity index (χ4v) is 8.72. The van der Waals surface area contributed by atoms with E-state index in [1.165, 1.54) is 18.2 Å². The van der Waals surface area contributed by atoms with Gasteiger partial charge in [-0.25, -0.2) is 13.2 Å². The third-order valence-corrected chi connectivity index (χ3v) is 11.4. The molecular weight excluding hydrogens is 679 g/mol. The van der Waals surface area contributed by atoms with Gasteiger partial charge in [0.2, 0.25) is 10.0 Å². The molecule has 0 radical (unpaired) electrons. The molecule has 1 aliphatic carbocycles. The number of pyridine rings is 1. The van der Waals surface area contributed by atoms with Crippen molar-refractivity contribution in [2.45, 2.75) is 37.4 Å². The number of esters is 1. The maximum atomic E-state index is 13.7. The van der Waals surface area contributed by atoms with Gasteiger partial charge in [0.15, 0.2) is 29.3 Å². The third kappa shape index (κ3) is 9.24. The maximum Gasteiger partial charge on any atom is 0.387 e. The first-order valence-electron chi connectivity index (χ1n) is 14.4. The van der Waals surface area contributed by atoms with E-state index in [0.717, 1.165) is 41.3 Å². The predicted molar refractivity (Wildman–Crippen MR) is 163 cm³/mol. The van der Waals surface area contributed by atoms with Gasteiger partial charge in [0, 0.05) is 43.9 Å². The number of thioether (sulfide) groups is 1. The lowest BCUT2D eigenvalue weighted by molar-refractivity contribution is -0.605. The number of halogens is 4. The predicted octanol–water partition coefficient (Wildman–Crippen LogP) is 3.88. The second-order valence-electron chi connectivity index (χ2n) is 10.9. The summed E-state index contributed by atoms with van der Waals surface area (Å²) in [6, 6.07) is 4.17. The minimum atomic E-state index is -3.82. The van der Waals surface area contributed by atoms with Crippen LogP contribution in [0.4, 0.5) is 8.78 Å². The van der Waals surface area contributed by atoms with Gasteiger partial charge in [-0.05, 0) is 36.5 Å². The minimum Gasteiger partial charge on any atom is -0.619 e. The Bertz CT molecular complexity index is 1440. The molecule has 0 unspecified atom stereocenters. The molecule has 11 nitrogen and oxygen atoms in total. The van der Waals surface area contributed by atoms with E-state index in [-0.39, 0.29) is 40.3 Å². The van der Waals surface area contributed by atoms with Crippen LogP contribution in [0.15, 0.2) is 30.6 Å². The van der Waals surface area contributed by atoms with Crippen molar-refractivity contribution in [3.63, 3.8) is 0 Å². The van der Waals surface area contributed by atoms with Crippen LogP contribution in [0.2, 0.25) is 10.0 Å². The molecule has 5 rings (SSSR count). The number of carbonyl (C=O) groups excluding carboxylic acids is 1. The minimum absolute atomic E-state index is 0.0176. The van der Waals surface area contributed by atoms with Crippen molar-refractivity contribution in [1.29, 1.82) is 0 Å². The second-order valence-corrected chi connectivity index (χ2v) is 14.9. The van der Waals surface area contributed by atoms with E-state index in [0.29, 0.717) is 67.0 Å². The number of ether oxygens (including phenoxy) is 4. The molecule has 1 saturated carbocycles. The number of hydrogen-bond donors (Lipinski definition) is 0. The Morgan fingerprint density at radius 1 is 1.13 bits per heavy atom. The standard InChI is InChI=1S/C28H33Cl2F2N3O8S2/c29-21-15-34(37)16-22(30)20(21)14-24(19-3-4-23(43-28(31)32)25(13-19)41-17-18-1-2-18)42-27(36)26-35(7-11-44-26)45(38,39)12-8-33-5-9-40-10-6-33/h3-4,13,15-16,18,24,26,28H,1-2,5-12,14,17H2/t24-,26-/m0/s1. The van der Waals surface area contributed by atoms with Gasteiger partial charge in [0.1, 0.15) is 16.1 Å². The molecule has 0 bridgehead atoms. The van der Waals surface area contributed by atoms with Gasteiger partial charge in [-0.15, -0.1) is 11.8 Å². The summed E-state index contributed by atoms with van der Waals surface area (Å²) in [5.74, 6) is -0.443. The molecule has 3 fully saturated rings. The highest BCUT2D eigenvalue weighted by Gasteiger charge is 2.41. The maximum absolute atomic E-state index is 13.7. The third-order valence-electron chi connectivity index (χ3n) is 7.61. The van der Waals surface area contributed by atoms with Crippen molar-refractivity contribution >= 4 is 51.0 Å². The molecule has 3 aliphatic rings. The summed E-state index contributed by atoms with van der Waals surface area (Å²) in [4.78, 5) is 15.7. The average Bonchev–Trinajstić information content (AvgIpc) is 3.68. The van der Waals surface area contributed by atoms with Crippen molar-refractivity contribution in [3.8, 4) is 11.5 Å². The second kappa shape index (κ2) is 15.2. The number of sulfonamides is 1. The Hall–Kier alpha value is -2.14. The van der Waals surface area contributed by atoms with Crippen LogP contribution in [0.25, 0.3) is 0 Å². The quantitative estimate of drug-likeness (QED) is 0.162. The van der Waals surface area contributed by atoms with E-state index < -0.39 is 34.1 Å². The Morgan fingerprint density at radius 3 is 2.51 bits per heavy atom. The van der Waals surface area contributed by atoms with Gasteiger partial charge >= 0.3 is 12.6 Å². The molecule has 0 amide bonds. The molecule has 2 atom stereocenters. The van der Waals surface area contributed by atoms with Crippen LogP contribution < -0.4 is 14.2 Å². The van der Waals surface area contributed by atoms with Crippen LogP contribution in [-0.2, 0) is 30.7 Å². The fraction of sp³-hybridized carbons (Fsp3) is 0.571. The highest BCUT2D eigenvalue weighted by molar-refractivity contribution is 8.02. The fourth-order valence-electron chi connectivity index (χ4n) is 4.97. The average molecular weight is 713 g/mol. The van der Waals surface area contributed by atoms with Crippen LogP contribution in [0.3, 0.4) is 0 Å². The molecule has 45 heavy (non-hydrogen) atoms. The monoisotopic (exact) mass is 711 g/mol. The zero-order valence-electron chi connectivity index (χ0n) is 24.1. The Labute approximate surface area is 274 Å². The SMILES string of the molecule is O=C(O[C@@H](Cc1c(Cl)c[n+]([O-])cc1Cl)c1ccc(OC(F)F)c(OCC2CC2)c1)[C@@H]1SCCN1S(=O)(=O)CCN1CCOCC1. The molecule has 248 valence electrons. The lowest BCUT2D eigenvalue weighted by Crippen LogP contribution is -2.45. The van der Waals surface area contributed by atoms with E-state index >= 15 is 0 Å². The van der Waals surface area contributed by atoms with Gasteiger partial charge in [-0.3, -0.25) is 4.90 Å². The summed E-state index contributed by atoms with van der Waals surface area (Å²) in [5.41, 5.74) is 0.636. The van der Waals surface area contributed by atoms with Gasteiger partial charge in [0.05, 0.1) is 25.6 Å². The van der Waals surface area contributed by atoms with Crippen LogP contribution in [-0.4, -0.2) is 93.1 Å². The number of nitrogens with zero attached hydrogens (tertiary/aromatic N) is 3. The highest BCUT2D eigenvalue weighted by Crippen LogP contribution is 2.39. The first kappa shape index (κ1) is 34.2. The summed E-state index contributed by atoms with van der Waals surface area (Å²) in [6.45, 7) is -0.0414. The van der Waals surface area contributed by atoms with Crippen molar-refractivity contribution in [1.82, 2.24) is 9.21 Å². The molecule has 0 N–H and O–H groups in total. The lowest BCUT2D eigenvalue weighted by Gasteiger charge is -2.28. The topological polar surface area (TPSA) is 122 Å². The van der Waals surface area contributed by atoms with Crippen LogP contribution >= 0.6 is 35.0 Å². The summed E-state index contributed by atoms with van der Waals surface area (Å²) < 4.78 is 76.3. The van der Waals surface area contributed by atoms with E-state index in [1.807, 2.05) is 4.90 Å². The van der Waals surface area contributed by atoms with Crippen LogP contribution in [0.1, 0.15) is 30.1 Å². The highest BCUT2D eigenvalue weighted by atomic mass is 35.5. The number of aromatic nitrogens is 1. The molecular formula is C28H33Cl2F2N3O8S2. The largest absolute Gasteiger partial charge is 0.619 e. The van der Waals surface area contributed by atoms with Crippen molar-refractivity contribution < 1.29 is 45.7 Å². The molecule has 2 aliphatic heterocycles. The smallest absolute Gasteiger partial charge is 0.387 e. The Balaban J connectivity index is 1.39. The number of morpholine rings is 1. The molecule has 2 saturated heterocycles. The van der Waals surface area contributed by atoms with E-state index in [2.05, 4.69) is 4.74 Å². The van der Waals surface area contributed by atoms with Gasteiger partial charge in [-0.2, -0.15) is 17.8 Å². The van der Waals surface area contributed by atoms with Gasteiger partial charge in [-0.1, -0.05) is 29.3 Å². The molecule has 17 heteroatoms. The first-order chi connectivity index (χ1) is 21.5. The summed E-state index contributed by atoms with van der Waals surface area (Å²) in [5, 5.41) is 10.7. The van der Waals surface area contributed by atoms with Gasteiger partial charge in [0.25, 0.3) is 0 Å². The number of alkyl halides is 2. The zero-order chi connectivity index (χ0) is 32.1. The molecule has 1 aromatic carbocycles. The molecule has 1 aromatic heterocycles. The van der Waals surface area contributed by atoms with E-state index in [1.54, 1.807) is 0 Å². The lowest BCUT2D eigenvalue weighted by atomic mass is 10.0. The van der Waals surface area contributed by atoms with Gasteiger partial charge < -0.3 is 24.2 Å². The Kier molecular flexibility index (Phi) is 11.5. The number of carbonyl (C=O) groups is 1. The molecule has 0 spiro atoms. The van der Waals surface area contributed by atoms with Crippen LogP contribution in [0.5, 0.6) is 11.5 Å². The van der Waals surface area contributed by atoms with Crippen molar-refractivity contribution in [3.05, 3.63) is 57.0 Å². The summed E-state index contributed by atoms with van der Waals surface area (Å²) in [7, 11) is -3.82. The summed E-state index contributed by atoms with van der Waals surface area (Å²) >= 11 is 13.8.